The summed E-state index contributed by atoms with van der Waals surface area (Å²) in [5.41, 5.74) is 7.56. The van der Waals surface area contributed by atoms with Crippen molar-refractivity contribution in [2.45, 2.75) is 0 Å². The maximum atomic E-state index is 2.47. The van der Waals surface area contributed by atoms with Gasteiger partial charge in [0.15, 0.2) is 0 Å². The molecule has 2 nitrogen and oxygen atoms in total. The van der Waals surface area contributed by atoms with Crippen LogP contribution in [0.5, 0.6) is 0 Å². The number of fused-ring (bicyclic) bond motifs is 14. The molecule has 0 amide bonds. The van der Waals surface area contributed by atoms with Crippen molar-refractivity contribution in [2.24, 2.45) is 0 Å². The first-order valence-electron chi connectivity index (χ1n) is 14.8. The van der Waals surface area contributed by atoms with E-state index in [-0.39, 0.29) is 0 Å². The highest BCUT2D eigenvalue weighted by atomic mass is 32.1. The number of aromatic nitrogens is 2. The van der Waals surface area contributed by atoms with E-state index in [2.05, 4.69) is 142 Å². The molecule has 0 unspecified atom stereocenters. The summed E-state index contributed by atoms with van der Waals surface area (Å²) in [5.74, 6) is 0. The van der Waals surface area contributed by atoms with Crippen LogP contribution in [-0.4, -0.2) is 8.97 Å². The molecule has 0 spiro atoms. The molecule has 3 heteroatoms. The fraction of sp³-hybridized carbons (Fsp3) is 0. The summed E-state index contributed by atoms with van der Waals surface area (Å²) in [6.45, 7) is 0. The van der Waals surface area contributed by atoms with Gasteiger partial charge in [-0.15, -0.1) is 11.3 Å². The van der Waals surface area contributed by atoms with Gasteiger partial charge < -0.3 is 8.97 Å². The lowest BCUT2D eigenvalue weighted by atomic mass is 10.0. The van der Waals surface area contributed by atoms with Crippen LogP contribution in [0, 0.1) is 0 Å². The molecule has 11 aromatic rings. The summed E-state index contributed by atoms with van der Waals surface area (Å²) in [6, 6.07) is 49.7. The maximum absolute atomic E-state index is 2.47. The molecule has 0 fully saturated rings. The molecule has 0 bridgehead atoms. The predicted molar refractivity (Wildman–Crippen MR) is 186 cm³/mol. The van der Waals surface area contributed by atoms with Crippen molar-refractivity contribution in [1.29, 1.82) is 0 Å². The topological polar surface area (TPSA) is 9.34 Å². The van der Waals surface area contributed by atoms with Crippen LogP contribution in [0.25, 0.3) is 96.5 Å². The Kier molecular flexibility index (Phi) is 3.99. The van der Waals surface area contributed by atoms with Crippen LogP contribution < -0.4 is 0 Å². The van der Waals surface area contributed by atoms with Gasteiger partial charge in [0.05, 0.1) is 27.6 Å². The monoisotopic (exact) mass is 562 g/mol. The molecule has 198 valence electrons. The molecular weight excluding hydrogens is 541 g/mol. The number of nitrogens with zero attached hydrogens (tertiary/aromatic N) is 2. The number of rotatable bonds is 1. The SMILES string of the molecule is c1ccc2c(c1)sc1ccc(-n3c4ccccc4c4c5cc6c7cccc8c9ccccc9n(c6cc5ccc43)c87)cc12. The summed E-state index contributed by atoms with van der Waals surface area (Å²) < 4.78 is 7.60. The van der Waals surface area contributed by atoms with Crippen molar-refractivity contribution in [3.8, 4) is 5.69 Å². The van der Waals surface area contributed by atoms with Gasteiger partial charge in [0.2, 0.25) is 0 Å². The molecule has 4 aromatic heterocycles. The molecule has 0 atom stereocenters. The average molecular weight is 563 g/mol. The van der Waals surface area contributed by atoms with Crippen molar-refractivity contribution < 1.29 is 0 Å². The molecule has 4 heterocycles. The smallest absolute Gasteiger partial charge is 0.0620 e. The molecule has 43 heavy (non-hydrogen) atoms. The van der Waals surface area contributed by atoms with E-state index in [0.717, 1.165) is 0 Å². The van der Waals surface area contributed by atoms with Gasteiger partial charge in [-0.25, -0.2) is 0 Å². The van der Waals surface area contributed by atoms with E-state index in [1.807, 2.05) is 11.3 Å². The van der Waals surface area contributed by atoms with Crippen LogP contribution in [0.4, 0.5) is 0 Å². The van der Waals surface area contributed by atoms with Crippen LogP contribution in [0.3, 0.4) is 0 Å². The second-order valence-corrected chi connectivity index (χ2v) is 12.8. The van der Waals surface area contributed by atoms with Crippen LogP contribution in [0.15, 0.2) is 133 Å². The molecular formula is C40H22N2S. The Bertz CT molecular complexity index is 2950. The van der Waals surface area contributed by atoms with E-state index in [1.54, 1.807) is 0 Å². The molecule has 0 radical (unpaired) electrons. The fourth-order valence-electron chi connectivity index (χ4n) is 7.85. The lowest BCUT2D eigenvalue weighted by Crippen LogP contribution is -1.93. The number of thiophene rings is 1. The molecule has 0 saturated heterocycles. The molecule has 0 aliphatic rings. The first-order valence-corrected chi connectivity index (χ1v) is 15.6. The minimum atomic E-state index is 1.20. The Labute approximate surface area is 249 Å². The Morgan fingerprint density at radius 1 is 0.395 bits per heavy atom. The highest BCUT2D eigenvalue weighted by Crippen LogP contribution is 2.44. The Hall–Kier alpha value is -5.38. The third kappa shape index (κ3) is 2.69. The second-order valence-electron chi connectivity index (χ2n) is 11.7. The van der Waals surface area contributed by atoms with Gasteiger partial charge >= 0.3 is 0 Å². The van der Waals surface area contributed by atoms with Crippen LogP contribution in [-0.2, 0) is 0 Å². The largest absolute Gasteiger partial charge is 0.309 e. The quantitative estimate of drug-likeness (QED) is 0.188. The predicted octanol–water partition coefficient (Wildman–Crippen LogP) is 11.5. The first kappa shape index (κ1) is 22.2. The highest BCUT2D eigenvalue weighted by Gasteiger charge is 2.20. The summed E-state index contributed by atoms with van der Waals surface area (Å²) in [6.07, 6.45) is 0. The molecule has 0 aliphatic carbocycles. The van der Waals surface area contributed by atoms with Gasteiger partial charge in [0, 0.05) is 58.2 Å². The molecule has 7 aromatic carbocycles. The summed E-state index contributed by atoms with van der Waals surface area (Å²) >= 11 is 1.87. The molecule has 11 rings (SSSR count). The van der Waals surface area contributed by atoms with E-state index in [9.17, 15) is 0 Å². The Balaban J connectivity index is 1.28. The van der Waals surface area contributed by atoms with Crippen LogP contribution >= 0.6 is 11.3 Å². The van der Waals surface area contributed by atoms with Crippen molar-refractivity contribution in [3.05, 3.63) is 133 Å². The first-order chi connectivity index (χ1) is 21.3. The van der Waals surface area contributed by atoms with Gasteiger partial charge in [0.25, 0.3) is 0 Å². The number of hydrogen-bond acceptors (Lipinski definition) is 1. The maximum Gasteiger partial charge on any atom is 0.0620 e. The zero-order valence-electron chi connectivity index (χ0n) is 23.0. The van der Waals surface area contributed by atoms with E-state index in [0.29, 0.717) is 0 Å². The number of benzene rings is 7. The molecule has 0 N–H and O–H groups in total. The second kappa shape index (κ2) is 7.71. The van der Waals surface area contributed by atoms with E-state index < -0.39 is 0 Å². The normalized spacial score (nSPS) is 12.7. The molecule has 0 aliphatic heterocycles. The van der Waals surface area contributed by atoms with E-state index in [4.69, 9.17) is 0 Å². The lowest BCUT2D eigenvalue weighted by Gasteiger charge is -2.09. The summed E-state index contributed by atoms with van der Waals surface area (Å²) in [7, 11) is 0. The third-order valence-electron chi connectivity index (χ3n) is 9.61. The van der Waals surface area contributed by atoms with Gasteiger partial charge in [-0.05, 0) is 65.4 Å². The van der Waals surface area contributed by atoms with E-state index in [1.165, 1.54) is 96.5 Å². The Morgan fingerprint density at radius 2 is 1.12 bits per heavy atom. The van der Waals surface area contributed by atoms with Gasteiger partial charge in [0.1, 0.15) is 0 Å². The standard InChI is InChI=1S/C40H22N2S/c1-4-13-33-25(8-1)27-11-7-12-28-31-22-30-23(20-36(31)42(33)40(27)28)16-18-35-39(30)29-10-2-5-14-34(29)41(35)24-17-19-38-32(21-24)26-9-3-6-15-37(26)43-38/h1-22H. The number of para-hydroxylation sites is 3. The highest BCUT2D eigenvalue weighted by molar-refractivity contribution is 7.25. The summed E-state index contributed by atoms with van der Waals surface area (Å²) in [4.78, 5) is 0. The lowest BCUT2D eigenvalue weighted by molar-refractivity contribution is 1.19. The zero-order valence-corrected chi connectivity index (χ0v) is 23.8. The third-order valence-corrected chi connectivity index (χ3v) is 10.8. The van der Waals surface area contributed by atoms with Gasteiger partial charge in [-0.2, -0.15) is 0 Å². The average Bonchev–Trinajstić information content (AvgIpc) is 3.79. The van der Waals surface area contributed by atoms with Crippen molar-refractivity contribution in [3.63, 3.8) is 0 Å². The van der Waals surface area contributed by atoms with Crippen molar-refractivity contribution in [2.75, 3.05) is 0 Å². The van der Waals surface area contributed by atoms with Crippen molar-refractivity contribution in [1.82, 2.24) is 8.97 Å². The van der Waals surface area contributed by atoms with Gasteiger partial charge in [-0.3, -0.25) is 0 Å². The van der Waals surface area contributed by atoms with E-state index >= 15 is 0 Å². The number of hydrogen-bond donors (Lipinski definition) is 0. The fourth-order valence-corrected chi connectivity index (χ4v) is 8.93. The Morgan fingerprint density at radius 3 is 2.02 bits per heavy atom. The van der Waals surface area contributed by atoms with Crippen LogP contribution in [0.1, 0.15) is 0 Å². The molecule has 0 saturated carbocycles. The zero-order chi connectivity index (χ0) is 27.8. The summed E-state index contributed by atoms with van der Waals surface area (Å²) in [5, 5.41) is 13.1. The minimum Gasteiger partial charge on any atom is -0.309 e. The van der Waals surface area contributed by atoms with Crippen LogP contribution in [0.2, 0.25) is 0 Å². The minimum absolute atomic E-state index is 1.20. The van der Waals surface area contributed by atoms with Gasteiger partial charge in [-0.1, -0.05) is 78.9 Å². The van der Waals surface area contributed by atoms with Crippen molar-refractivity contribution >= 4 is 102 Å².